The van der Waals surface area contributed by atoms with E-state index in [1.54, 1.807) is 21.3 Å². The number of benzene rings is 2. The highest BCUT2D eigenvalue weighted by Crippen LogP contribution is 2.38. The molecule has 2 aromatic rings. The van der Waals surface area contributed by atoms with Crippen molar-refractivity contribution in [3.05, 3.63) is 53.1 Å². The van der Waals surface area contributed by atoms with Crippen molar-refractivity contribution in [2.45, 2.75) is 33.4 Å². The number of hydrogen-bond donors (Lipinski definition) is 2. The fourth-order valence-corrected chi connectivity index (χ4v) is 2.99. The number of aliphatic imine (C=N–C) groups is 1. The Kier molecular flexibility index (Phi) is 8.46. The molecular weight excluding hydrogens is 354 g/mol. The molecule has 0 aromatic heterocycles. The summed E-state index contributed by atoms with van der Waals surface area (Å²) in [6.45, 7) is 6.22. The Morgan fingerprint density at radius 1 is 0.893 bits per heavy atom. The molecule has 0 aliphatic heterocycles. The van der Waals surface area contributed by atoms with Crippen LogP contribution in [0.2, 0.25) is 0 Å². The molecule has 0 atom stereocenters. The summed E-state index contributed by atoms with van der Waals surface area (Å²) in [6, 6.07) is 12.3. The minimum Gasteiger partial charge on any atom is -0.493 e. The van der Waals surface area contributed by atoms with Crippen LogP contribution in [0.5, 0.6) is 17.2 Å². The molecule has 28 heavy (non-hydrogen) atoms. The van der Waals surface area contributed by atoms with Crippen molar-refractivity contribution in [2.24, 2.45) is 4.99 Å². The molecule has 0 aliphatic carbocycles. The van der Waals surface area contributed by atoms with Crippen LogP contribution in [0.3, 0.4) is 0 Å². The first-order valence-corrected chi connectivity index (χ1v) is 9.54. The van der Waals surface area contributed by atoms with Gasteiger partial charge >= 0.3 is 0 Å². The third-order valence-electron chi connectivity index (χ3n) is 4.43. The first-order valence-electron chi connectivity index (χ1n) is 9.54. The Morgan fingerprint density at radius 3 is 2.07 bits per heavy atom. The lowest BCUT2D eigenvalue weighted by Gasteiger charge is -2.15. The van der Waals surface area contributed by atoms with Crippen LogP contribution in [0.15, 0.2) is 41.4 Å². The molecule has 152 valence electrons. The van der Waals surface area contributed by atoms with Gasteiger partial charge in [0.1, 0.15) is 0 Å². The number of hydrogen-bond acceptors (Lipinski definition) is 4. The molecule has 0 saturated carbocycles. The molecule has 0 fully saturated rings. The van der Waals surface area contributed by atoms with Crippen molar-refractivity contribution in [1.82, 2.24) is 10.6 Å². The van der Waals surface area contributed by atoms with E-state index in [1.165, 1.54) is 11.1 Å². The summed E-state index contributed by atoms with van der Waals surface area (Å²) in [4.78, 5) is 4.70. The van der Waals surface area contributed by atoms with Gasteiger partial charge in [0.05, 0.1) is 27.9 Å². The summed E-state index contributed by atoms with van der Waals surface area (Å²) >= 11 is 0. The zero-order valence-electron chi connectivity index (χ0n) is 17.5. The smallest absolute Gasteiger partial charge is 0.203 e. The van der Waals surface area contributed by atoms with Crippen LogP contribution < -0.4 is 24.8 Å². The van der Waals surface area contributed by atoms with Gasteiger partial charge in [-0.1, -0.05) is 31.2 Å². The summed E-state index contributed by atoms with van der Waals surface area (Å²) < 4.78 is 16.2. The second-order valence-corrected chi connectivity index (χ2v) is 6.20. The van der Waals surface area contributed by atoms with E-state index >= 15 is 0 Å². The van der Waals surface area contributed by atoms with Gasteiger partial charge < -0.3 is 24.8 Å². The maximum atomic E-state index is 5.42. The second-order valence-electron chi connectivity index (χ2n) is 6.20. The maximum Gasteiger partial charge on any atom is 0.203 e. The fraction of sp³-hybridized carbons (Fsp3) is 0.409. The molecule has 6 heteroatoms. The van der Waals surface area contributed by atoms with Gasteiger partial charge in [0.15, 0.2) is 17.5 Å². The van der Waals surface area contributed by atoms with Crippen LogP contribution in [0.1, 0.15) is 30.5 Å². The van der Waals surface area contributed by atoms with Gasteiger partial charge in [0.25, 0.3) is 0 Å². The van der Waals surface area contributed by atoms with Crippen molar-refractivity contribution in [1.29, 1.82) is 0 Å². The summed E-state index contributed by atoms with van der Waals surface area (Å²) in [6.07, 6.45) is 1.01. The van der Waals surface area contributed by atoms with Crippen LogP contribution >= 0.6 is 0 Å². The van der Waals surface area contributed by atoms with E-state index in [2.05, 4.69) is 48.7 Å². The predicted octanol–water partition coefficient (Wildman–Crippen LogP) is 3.53. The Labute approximate surface area is 167 Å². The van der Waals surface area contributed by atoms with Crippen LogP contribution in [0, 0.1) is 0 Å². The molecule has 6 nitrogen and oxygen atoms in total. The van der Waals surface area contributed by atoms with Crippen LogP contribution in [-0.2, 0) is 19.5 Å². The molecule has 0 unspecified atom stereocenters. The Morgan fingerprint density at radius 2 is 1.54 bits per heavy atom. The summed E-state index contributed by atoms with van der Waals surface area (Å²) in [5.41, 5.74) is 3.60. The van der Waals surface area contributed by atoms with Gasteiger partial charge in [-0.05, 0) is 42.2 Å². The monoisotopic (exact) mass is 385 g/mol. The van der Waals surface area contributed by atoms with Crippen molar-refractivity contribution in [2.75, 3.05) is 27.9 Å². The number of rotatable bonds is 9. The van der Waals surface area contributed by atoms with E-state index in [0.29, 0.717) is 23.8 Å². The largest absolute Gasteiger partial charge is 0.493 e. The van der Waals surface area contributed by atoms with Crippen molar-refractivity contribution < 1.29 is 14.2 Å². The standard InChI is InChI=1S/C22H31N3O3/c1-6-17-10-8-9-11-18(17)15-25-22(23-7-2)24-14-16-12-19(26-3)21(28-5)20(13-16)27-4/h8-13H,6-7,14-15H2,1-5H3,(H2,23,24,25). The lowest BCUT2D eigenvalue weighted by Crippen LogP contribution is -2.37. The minimum atomic E-state index is 0.488. The van der Waals surface area contributed by atoms with Crippen LogP contribution in [0.25, 0.3) is 0 Å². The Bertz CT molecular complexity index is 765. The SMILES string of the molecule is CCNC(=NCc1cc(OC)c(OC)c(OC)c1)NCc1ccccc1CC. The van der Waals surface area contributed by atoms with Gasteiger partial charge in [0, 0.05) is 13.1 Å². The Balaban J connectivity index is 2.16. The second kappa shape index (κ2) is 11.1. The molecule has 2 aromatic carbocycles. The van der Waals surface area contributed by atoms with E-state index in [-0.39, 0.29) is 0 Å². The first-order chi connectivity index (χ1) is 13.7. The highest BCUT2D eigenvalue weighted by Gasteiger charge is 2.13. The van der Waals surface area contributed by atoms with Gasteiger partial charge in [-0.15, -0.1) is 0 Å². The number of aryl methyl sites for hydroxylation is 1. The van der Waals surface area contributed by atoms with Gasteiger partial charge in [-0.25, -0.2) is 4.99 Å². The molecule has 2 N–H and O–H groups in total. The number of guanidine groups is 1. The number of methoxy groups -OCH3 is 3. The highest BCUT2D eigenvalue weighted by atomic mass is 16.5. The fourth-order valence-electron chi connectivity index (χ4n) is 2.99. The van der Waals surface area contributed by atoms with E-state index < -0.39 is 0 Å². The third-order valence-corrected chi connectivity index (χ3v) is 4.43. The van der Waals surface area contributed by atoms with Crippen molar-refractivity contribution in [3.8, 4) is 17.2 Å². The zero-order chi connectivity index (χ0) is 20.4. The molecule has 0 radical (unpaired) electrons. The molecule has 0 bridgehead atoms. The average molecular weight is 386 g/mol. The third kappa shape index (κ3) is 5.55. The van der Waals surface area contributed by atoms with Gasteiger partial charge in [-0.2, -0.15) is 0 Å². The van der Waals surface area contributed by atoms with Crippen LogP contribution in [-0.4, -0.2) is 33.8 Å². The van der Waals surface area contributed by atoms with Crippen molar-refractivity contribution >= 4 is 5.96 Å². The zero-order valence-corrected chi connectivity index (χ0v) is 17.5. The van der Waals surface area contributed by atoms with Crippen LogP contribution in [0.4, 0.5) is 0 Å². The average Bonchev–Trinajstić information content (AvgIpc) is 2.74. The molecule has 2 rings (SSSR count). The van der Waals surface area contributed by atoms with E-state index in [4.69, 9.17) is 19.2 Å². The summed E-state index contributed by atoms with van der Waals surface area (Å²) in [5.74, 6) is 2.60. The van der Waals surface area contributed by atoms with E-state index in [0.717, 1.165) is 31.0 Å². The topological polar surface area (TPSA) is 64.1 Å². The van der Waals surface area contributed by atoms with E-state index in [9.17, 15) is 0 Å². The van der Waals surface area contributed by atoms with Crippen molar-refractivity contribution in [3.63, 3.8) is 0 Å². The normalized spacial score (nSPS) is 11.1. The lowest BCUT2D eigenvalue weighted by molar-refractivity contribution is 0.324. The minimum absolute atomic E-state index is 0.488. The summed E-state index contributed by atoms with van der Waals surface area (Å²) in [7, 11) is 4.82. The maximum absolute atomic E-state index is 5.42. The molecule has 0 amide bonds. The Hall–Kier alpha value is -2.89. The number of ether oxygens (including phenoxy) is 3. The quantitative estimate of drug-likeness (QED) is 0.511. The number of nitrogens with one attached hydrogen (secondary N) is 2. The molecule has 0 heterocycles. The van der Waals surface area contributed by atoms with E-state index in [1.807, 2.05) is 12.1 Å². The highest BCUT2D eigenvalue weighted by molar-refractivity contribution is 5.79. The predicted molar refractivity (Wildman–Crippen MR) is 114 cm³/mol. The molecular formula is C22H31N3O3. The number of nitrogens with zero attached hydrogens (tertiary/aromatic N) is 1. The molecule has 0 spiro atoms. The molecule has 0 aliphatic rings. The first kappa shape index (κ1) is 21.4. The lowest BCUT2D eigenvalue weighted by atomic mass is 10.1. The van der Waals surface area contributed by atoms with Gasteiger partial charge in [0.2, 0.25) is 5.75 Å². The summed E-state index contributed by atoms with van der Waals surface area (Å²) in [5, 5.41) is 6.71. The van der Waals surface area contributed by atoms with Gasteiger partial charge in [-0.3, -0.25) is 0 Å². The molecule has 0 saturated heterocycles.